The van der Waals surface area contributed by atoms with Gasteiger partial charge in [-0.2, -0.15) is 0 Å². The summed E-state index contributed by atoms with van der Waals surface area (Å²) in [5.74, 6) is -0.00109. The van der Waals surface area contributed by atoms with Gasteiger partial charge in [-0.15, -0.1) is 0 Å². The van der Waals surface area contributed by atoms with Crippen molar-refractivity contribution in [1.82, 2.24) is 9.80 Å². The van der Waals surface area contributed by atoms with Gasteiger partial charge < -0.3 is 14.4 Å². The zero-order chi connectivity index (χ0) is 17.8. The molecule has 0 radical (unpaired) electrons. The molecular formula is C20H30N2O3. The summed E-state index contributed by atoms with van der Waals surface area (Å²) >= 11 is 0. The molecule has 3 atom stereocenters. The highest BCUT2D eigenvalue weighted by Gasteiger charge is 2.39. The number of nitrogens with zero attached hydrogens (tertiary/aromatic N) is 2. The predicted molar refractivity (Wildman–Crippen MR) is 97.4 cm³/mol. The Morgan fingerprint density at radius 2 is 2.00 bits per heavy atom. The van der Waals surface area contributed by atoms with Crippen molar-refractivity contribution in [3.8, 4) is 0 Å². The Bertz CT molecular complexity index is 573. The Labute approximate surface area is 150 Å². The van der Waals surface area contributed by atoms with Gasteiger partial charge in [0.2, 0.25) is 5.91 Å². The highest BCUT2D eigenvalue weighted by atomic mass is 16.5. The third-order valence-electron chi connectivity index (χ3n) is 5.29. The fourth-order valence-corrected chi connectivity index (χ4v) is 3.74. The second-order valence-corrected chi connectivity index (χ2v) is 7.49. The van der Waals surface area contributed by atoms with Crippen molar-refractivity contribution < 1.29 is 14.3 Å². The van der Waals surface area contributed by atoms with Gasteiger partial charge in [0.15, 0.2) is 0 Å². The lowest BCUT2D eigenvalue weighted by Gasteiger charge is -2.36. The number of aryl methyl sites for hydroxylation is 1. The Balaban J connectivity index is 1.45. The van der Waals surface area contributed by atoms with E-state index >= 15 is 0 Å². The van der Waals surface area contributed by atoms with E-state index in [4.69, 9.17) is 9.47 Å². The van der Waals surface area contributed by atoms with Gasteiger partial charge in [-0.3, -0.25) is 9.69 Å². The zero-order valence-corrected chi connectivity index (χ0v) is 15.6. The number of benzene rings is 1. The Morgan fingerprint density at radius 1 is 1.24 bits per heavy atom. The first-order chi connectivity index (χ1) is 12.0. The lowest BCUT2D eigenvalue weighted by Crippen LogP contribution is -2.43. The molecule has 2 heterocycles. The Morgan fingerprint density at radius 3 is 2.72 bits per heavy atom. The van der Waals surface area contributed by atoms with Crippen LogP contribution in [-0.2, 0) is 20.8 Å². The van der Waals surface area contributed by atoms with Crippen LogP contribution in [-0.4, -0.2) is 67.8 Å². The Kier molecular flexibility index (Phi) is 6.10. The molecule has 0 bridgehead atoms. The molecule has 0 aliphatic carbocycles. The van der Waals surface area contributed by atoms with Crippen LogP contribution in [0.3, 0.4) is 0 Å². The summed E-state index contributed by atoms with van der Waals surface area (Å²) in [5, 5.41) is 0. The fraction of sp³-hybridized carbons (Fsp3) is 0.650. The molecule has 1 aromatic rings. The number of rotatable bonds is 6. The first-order valence-corrected chi connectivity index (χ1v) is 9.26. The van der Waals surface area contributed by atoms with Crippen LogP contribution in [0, 0.1) is 6.92 Å². The molecule has 138 valence electrons. The minimum Gasteiger partial charge on any atom is -0.371 e. The van der Waals surface area contributed by atoms with Gasteiger partial charge in [-0.1, -0.05) is 29.8 Å². The molecule has 0 unspecified atom stereocenters. The van der Waals surface area contributed by atoms with Crippen LogP contribution in [0.5, 0.6) is 0 Å². The van der Waals surface area contributed by atoms with Crippen molar-refractivity contribution in [2.75, 3.05) is 33.9 Å². The van der Waals surface area contributed by atoms with Gasteiger partial charge in [0.25, 0.3) is 0 Å². The van der Waals surface area contributed by atoms with Crippen LogP contribution in [0.1, 0.15) is 30.4 Å². The van der Waals surface area contributed by atoms with E-state index < -0.39 is 0 Å². The van der Waals surface area contributed by atoms with Crippen molar-refractivity contribution in [3.05, 3.63) is 35.4 Å². The minimum absolute atomic E-state index is 0.00109. The lowest BCUT2D eigenvalue weighted by molar-refractivity contribution is -0.138. The molecule has 0 aromatic heterocycles. The average molecular weight is 346 g/mol. The SMILES string of the molecule is Cc1ccc(CN2CC[C@H]3O[C@H](COCC(=O)N(C)C)CC[C@H]32)cc1. The van der Waals surface area contributed by atoms with Gasteiger partial charge in [0.05, 0.1) is 18.8 Å². The summed E-state index contributed by atoms with van der Waals surface area (Å²) in [6, 6.07) is 9.34. The standard InChI is InChI=1S/C20H30N2O3/c1-15-4-6-16(7-5-15)12-22-11-10-19-18(22)9-8-17(25-19)13-24-14-20(23)21(2)3/h4-7,17-19H,8-14H2,1-3H3/t17-,18+,19+/m0/s1. The summed E-state index contributed by atoms with van der Waals surface area (Å²) in [6.07, 6.45) is 3.66. The third kappa shape index (κ3) is 4.81. The molecule has 5 heteroatoms. The lowest BCUT2D eigenvalue weighted by atomic mass is 9.99. The maximum atomic E-state index is 11.6. The van der Waals surface area contributed by atoms with Gasteiger partial charge >= 0.3 is 0 Å². The van der Waals surface area contributed by atoms with E-state index in [1.807, 2.05) is 0 Å². The van der Waals surface area contributed by atoms with Gasteiger partial charge in [0.1, 0.15) is 6.61 Å². The van der Waals surface area contributed by atoms with Crippen molar-refractivity contribution in [2.45, 2.75) is 51.0 Å². The smallest absolute Gasteiger partial charge is 0.248 e. The van der Waals surface area contributed by atoms with Crippen LogP contribution in [0.4, 0.5) is 0 Å². The van der Waals surface area contributed by atoms with E-state index in [0.29, 0.717) is 18.8 Å². The molecular weight excluding hydrogens is 316 g/mol. The van der Waals surface area contributed by atoms with Gasteiger partial charge in [0, 0.05) is 33.2 Å². The number of likely N-dealkylation sites (N-methyl/N-ethyl adjacent to an activating group) is 1. The maximum absolute atomic E-state index is 11.6. The number of carbonyl (C=O) groups is 1. The summed E-state index contributed by atoms with van der Waals surface area (Å²) in [6.45, 7) is 4.87. The van der Waals surface area contributed by atoms with E-state index in [0.717, 1.165) is 32.4 Å². The number of hydrogen-bond donors (Lipinski definition) is 0. The first kappa shape index (κ1) is 18.4. The zero-order valence-electron chi connectivity index (χ0n) is 15.6. The predicted octanol–water partition coefficient (Wildman–Crippen LogP) is 2.22. The third-order valence-corrected chi connectivity index (χ3v) is 5.29. The van der Waals surface area contributed by atoms with Crippen LogP contribution < -0.4 is 0 Å². The van der Waals surface area contributed by atoms with Gasteiger partial charge in [-0.25, -0.2) is 0 Å². The van der Waals surface area contributed by atoms with Crippen LogP contribution in [0.25, 0.3) is 0 Å². The van der Waals surface area contributed by atoms with Crippen molar-refractivity contribution >= 4 is 5.91 Å². The number of carbonyl (C=O) groups excluding carboxylic acids is 1. The van der Waals surface area contributed by atoms with Crippen molar-refractivity contribution in [3.63, 3.8) is 0 Å². The Hall–Kier alpha value is -1.43. The molecule has 0 saturated carbocycles. The molecule has 2 aliphatic rings. The van der Waals surface area contributed by atoms with E-state index in [1.54, 1.807) is 19.0 Å². The van der Waals surface area contributed by atoms with E-state index in [1.165, 1.54) is 11.1 Å². The molecule has 0 N–H and O–H groups in total. The average Bonchev–Trinajstić information content (AvgIpc) is 2.99. The van der Waals surface area contributed by atoms with E-state index in [9.17, 15) is 4.79 Å². The van der Waals surface area contributed by atoms with E-state index in [-0.39, 0.29) is 18.6 Å². The highest BCUT2D eigenvalue weighted by Crippen LogP contribution is 2.32. The van der Waals surface area contributed by atoms with Crippen molar-refractivity contribution in [1.29, 1.82) is 0 Å². The maximum Gasteiger partial charge on any atom is 0.248 e. The van der Waals surface area contributed by atoms with Gasteiger partial charge in [-0.05, 0) is 31.7 Å². The normalized spacial score (nSPS) is 26.4. The van der Waals surface area contributed by atoms with E-state index in [2.05, 4.69) is 36.1 Å². The fourth-order valence-electron chi connectivity index (χ4n) is 3.74. The topological polar surface area (TPSA) is 42.0 Å². The number of ether oxygens (including phenoxy) is 2. The van der Waals surface area contributed by atoms with Crippen LogP contribution >= 0.6 is 0 Å². The molecule has 0 spiro atoms. The summed E-state index contributed by atoms with van der Waals surface area (Å²) in [5.41, 5.74) is 2.68. The summed E-state index contributed by atoms with van der Waals surface area (Å²) < 4.78 is 11.8. The molecule has 1 aromatic carbocycles. The molecule has 25 heavy (non-hydrogen) atoms. The first-order valence-electron chi connectivity index (χ1n) is 9.26. The molecule has 5 nitrogen and oxygen atoms in total. The summed E-state index contributed by atoms with van der Waals surface area (Å²) in [7, 11) is 3.49. The largest absolute Gasteiger partial charge is 0.371 e. The highest BCUT2D eigenvalue weighted by molar-refractivity contribution is 5.76. The molecule has 2 saturated heterocycles. The second kappa shape index (κ2) is 8.30. The second-order valence-electron chi connectivity index (χ2n) is 7.49. The molecule has 1 amide bonds. The molecule has 2 fully saturated rings. The molecule has 3 rings (SSSR count). The quantitative estimate of drug-likeness (QED) is 0.792. The number of amides is 1. The minimum atomic E-state index is -0.00109. The summed E-state index contributed by atoms with van der Waals surface area (Å²) in [4.78, 5) is 15.7. The number of likely N-dealkylation sites (tertiary alicyclic amines) is 1. The number of hydrogen-bond acceptors (Lipinski definition) is 4. The molecule has 2 aliphatic heterocycles. The monoisotopic (exact) mass is 346 g/mol. The van der Waals surface area contributed by atoms with Crippen LogP contribution in [0.15, 0.2) is 24.3 Å². The van der Waals surface area contributed by atoms with Crippen molar-refractivity contribution in [2.24, 2.45) is 0 Å². The number of fused-ring (bicyclic) bond motifs is 1. The van der Waals surface area contributed by atoms with Crippen LogP contribution in [0.2, 0.25) is 0 Å².